The highest BCUT2D eigenvalue weighted by Gasteiger charge is 2.20. The van der Waals surface area contributed by atoms with Gasteiger partial charge in [0, 0.05) is 32.1 Å². The molecular weight excluding hydrogens is 272 g/mol. The van der Waals surface area contributed by atoms with Crippen LogP contribution in [0.3, 0.4) is 0 Å². The van der Waals surface area contributed by atoms with Crippen LogP contribution in [0.1, 0.15) is 23.5 Å². The highest BCUT2D eigenvalue weighted by atomic mass is 16.1. The normalized spacial score (nSPS) is 15.3. The minimum absolute atomic E-state index is 0.144. The zero-order valence-electron chi connectivity index (χ0n) is 12.7. The molecule has 0 bridgehead atoms. The van der Waals surface area contributed by atoms with Crippen LogP contribution in [0.4, 0.5) is 0 Å². The van der Waals surface area contributed by atoms with Crippen LogP contribution < -0.4 is 5.32 Å². The van der Waals surface area contributed by atoms with E-state index in [0.29, 0.717) is 18.7 Å². The van der Waals surface area contributed by atoms with Crippen molar-refractivity contribution in [1.29, 1.82) is 0 Å². The number of ketones is 1. The third-order valence-corrected chi connectivity index (χ3v) is 4.18. The molecule has 0 radical (unpaired) electrons. The van der Waals surface area contributed by atoms with Crippen molar-refractivity contribution in [2.75, 3.05) is 26.3 Å². The lowest BCUT2D eigenvalue weighted by Crippen LogP contribution is -2.29. The van der Waals surface area contributed by atoms with Crippen molar-refractivity contribution in [3.05, 3.63) is 71.8 Å². The van der Waals surface area contributed by atoms with E-state index in [-0.39, 0.29) is 5.92 Å². The van der Waals surface area contributed by atoms with Crippen molar-refractivity contribution in [1.82, 2.24) is 10.2 Å². The van der Waals surface area contributed by atoms with Crippen molar-refractivity contribution in [3.8, 4) is 0 Å². The Balaban J connectivity index is 1.75. The summed E-state index contributed by atoms with van der Waals surface area (Å²) in [4.78, 5) is 14.7. The highest BCUT2D eigenvalue weighted by molar-refractivity contribution is 5.81. The van der Waals surface area contributed by atoms with Crippen LogP contribution in [-0.4, -0.2) is 37.0 Å². The minimum atomic E-state index is 0.144. The Bertz CT molecular complexity index is 552. The summed E-state index contributed by atoms with van der Waals surface area (Å²) in [7, 11) is 0. The molecule has 1 saturated heterocycles. The van der Waals surface area contributed by atoms with Gasteiger partial charge in [-0.3, -0.25) is 9.69 Å². The van der Waals surface area contributed by atoms with Crippen LogP contribution in [0.15, 0.2) is 60.7 Å². The maximum Gasteiger partial charge on any atom is 0.147 e. The molecular formula is C19H22N2O. The lowest BCUT2D eigenvalue weighted by molar-refractivity contribution is -0.120. The Kier molecular flexibility index (Phi) is 4.99. The molecule has 0 aromatic heterocycles. The number of hydrogen-bond donors (Lipinski definition) is 1. The van der Waals surface area contributed by atoms with Crippen LogP contribution in [0.2, 0.25) is 0 Å². The summed E-state index contributed by atoms with van der Waals surface area (Å²) in [5.74, 6) is 0.451. The molecule has 3 heteroatoms. The minimum Gasteiger partial charge on any atom is -0.303 e. The van der Waals surface area contributed by atoms with Gasteiger partial charge < -0.3 is 5.32 Å². The largest absolute Gasteiger partial charge is 0.303 e. The van der Waals surface area contributed by atoms with E-state index in [1.807, 2.05) is 36.4 Å². The van der Waals surface area contributed by atoms with E-state index >= 15 is 0 Å². The molecule has 22 heavy (non-hydrogen) atoms. The lowest BCUT2D eigenvalue weighted by Gasteiger charge is -2.19. The predicted molar refractivity (Wildman–Crippen MR) is 88.8 cm³/mol. The molecule has 2 aromatic rings. The summed E-state index contributed by atoms with van der Waals surface area (Å²) in [6, 6.07) is 20.7. The first-order valence-corrected chi connectivity index (χ1v) is 7.87. The zero-order valence-corrected chi connectivity index (χ0v) is 12.7. The van der Waals surface area contributed by atoms with Gasteiger partial charge >= 0.3 is 0 Å². The predicted octanol–water partition coefficient (Wildman–Crippen LogP) is 2.64. The Labute approximate surface area is 132 Å². The molecule has 3 nitrogen and oxygen atoms in total. The second kappa shape index (κ2) is 7.34. The topological polar surface area (TPSA) is 32.3 Å². The summed E-state index contributed by atoms with van der Waals surface area (Å²) in [6.45, 7) is 3.32. The molecule has 1 N–H and O–H groups in total. The van der Waals surface area contributed by atoms with Crippen LogP contribution in [0.25, 0.3) is 0 Å². The highest BCUT2D eigenvalue weighted by Crippen LogP contribution is 2.28. The number of hydrogen-bond acceptors (Lipinski definition) is 3. The second-order valence-electron chi connectivity index (χ2n) is 5.83. The van der Waals surface area contributed by atoms with E-state index in [4.69, 9.17) is 0 Å². The molecule has 0 amide bonds. The summed E-state index contributed by atoms with van der Waals surface area (Å²) >= 11 is 0. The molecule has 0 aliphatic carbocycles. The van der Waals surface area contributed by atoms with Gasteiger partial charge in [0.2, 0.25) is 0 Å². The van der Waals surface area contributed by atoms with Gasteiger partial charge in [-0.25, -0.2) is 0 Å². The molecule has 3 rings (SSSR count). The fourth-order valence-corrected chi connectivity index (χ4v) is 3.03. The first-order valence-electron chi connectivity index (χ1n) is 7.87. The van der Waals surface area contributed by atoms with Gasteiger partial charge in [0.1, 0.15) is 5.78 Å². The molecule has 1 aliphatic rings. The molecule has 0 spiro atoms. The molecule has 2 aromatic carbocycles. The summed E-state index contributed by atoms with van der Waals surface area (Å²) in [6.07, 6.45) is 0.560. The number of carbonyl (C=O) groups is 1. The number of carbonyl (C=O) groups excluding carboxylic acids is 1. The zero-order chi connectivity index (χ0) is 15.2. The van der Waals surface area contributed by atoms with Gasteiger partial charge in [-0.05, 0) is 11.1 Å². The van der Waals surface area contributed by atoms with Gasteiger partial charge in [-0.1, -0.05) is 60.7 Å². The first kappa shape index (κ1) is 14.9. The standard InChI is InChI=1S/C19H22N2O/c22-18(14-21-12-11-20-15-21)13-19(16-7-3-1-4-8-16)17-9-5-2-6-10-17/h1-10,19-20H,11-15H2. The Morgan fingerprint density at radius 3 is 2.09 bits per heavy atom. The fraction of sp³-hybridized carbons (Fsp3) is 0.316. The first-order chi connectivity index (χ1) is 10.8. The van der Waals surface area contributed by atoms with E-state index in [1.54, 1.807) is 0 Å². The van der Waals surface area contributed by atoms with Crippen LogP contribution in [0.5, 0.6) is 0 Å². The third kappa shape index (κ3) is 3.81. The maximum absolute atomic E-state index is 12.5. The number of benzene rings is 2. The number of nitrogens with zero attached hydrogens (tertiary/aromatic N) is 1. The fourth-order valence-electron chi connectivity index (χ4n) is 3.03. The third-order valence-electron chi connectivity index (χ3n) is 4.18. The van der Waals surface area contributed by atoms with E-state index in [2.05, 4.69) is 34.5 Å². The molecule has 0 atom stereocenters. The van der Waals surface area contributed by atoms with E-state index in [1.165, 1.54) is 11.1 Å². The smallest absolute Gasteiger partial charge is 0.147 e. The van der Waals surface area contributed by atoms with Crippen LogP contribution in [0, 0.1) is 0 Å². The number of rotatable bonds is 6. The molecule has 0 saturated carbocycles. The van der Waals surface area contributed by atoms with Crippen molar-refractivity contribution in [2.24, 2.45) is 0 Å². The summed E-state index contributed by atoms with van der Waals surface area (Å²) in [5.41, 5.74) is 2.42. The Morgan fingerprint density at radius 1 is 1.00 bits per heavy atom. The lowest BCUT2D eigenvalue weighted by atomic mass is 9.87. The molecule has 1 heterocycles. The van der Waals surface area contributed by atoms with Crippen molar-refractivity contribution in [2.45, 2.75) is 12.3 Å². The Hall–Kier alpha value is -1.97. The summed E-state index contributed by atoms with van der Waals surface area (Å²) < 4.78 is 0. The second-order valence-corrected chi connectivity index (χ2v) is 5.83. The molecule has 114 valence electrons. The number of nitrogens with one attached hydrogen (secondary N) is 1. The van der Waals surface area contributed by atoms with Gasteiger partial charge in [-0.15, -0.1) is 0 Å². The van der Waals surface area contributed by atoms with Crippen LogP contribution in [-0.2, 0) is 4.79 Å². The monoisotopic (exact) mass is 294 g/mol. The van der Waals surface area contributed by atoms with Crippen molar-refractivity contribution < 1.29 is 4.79 Å². The van der Waals surface area contributed by atoms with Gasteiger partial charge in [0.25, 0.3) is 0 Å². The van der Waals surface area contributed by atoms with Crippen molar-refractivity contribution >= 4 is 5.78 Å². The quantitative estimate of drug-likeness (QED) is 0.889. The maximum atomic E-state index is 12.5. The van der Waals surface area contributed by atoms with Gasteiger partial charge in [0.15, 0.2) is 0 Å². The average molecular weight is 294 g/mol. The average Bonchev–Trinajstić information content (AvgIpc) is 3.07. The van der Waals surface area contributed by atoms with E-state index in [0.717, 1.165) is 19.8 Å². The van der Waals surface area contributed by atoms with E-state index < -0.39 is 0 Å². The Morgan fingerprint density at radius 2 is 1.59 bits per heavy atom. The SMILES string of the molecule is O=C(CC(c1ccccc1)c1ccccc1)CN1CCNC1. The molecule has 1 fully saturated rings. The summed E-state index contributed by atoms with van der Waals surface area (Å²) in [5, 5.41) is 3.27. The van der Waals surface area contributed by atoms with Crippen LogP contribution >= 0.6 is 0 Å². The van der Waals surface area contributed by atoms with Gasteiger partial charge in [-0.2, -0.15) is 0 Å². The number of Topliss-reactive ketones (excluding diaryl/α,β-unsaturated/α-hetero) is 1. The molecule has 1 aliphatic heterocycles. The van der Waals surface area contributed by atoms with Crippen molar-refractivity contribution in [3.63, 3.8) is 0 Å². The van der Waals surface area contributed by atoms with E-state index in [9.17, 15) is 4.79 Å². The van der Waals surface area contributed by atoms with Gasteiger partial charge in [0.05, 0.1) is 6.54 Å². The molecule has 0 unspecified atom stereocenters.